The zero-order valence-electron chi connectivity index (χ0n) is 16.2. The molecule has 3 aromatic rings. The summed E-state index contributed by atoms with van der Waals surface area (Å²) in [5.41, 5.74) is 1.03. The Kier molecular flexibility index (Phi) is 6.86. The largest absolute Gasteiger partial charge is 0.497 e. The van der Waals surface area contributed by atoms with E-state index in [4.69, 9.17) is 30.2 Å². The van der Waals surface area contributed by atoms with E-state index in [9.17, 15) is 9.90 Å². The molecule has 0 unspecified atom stereocenters. The molecule has 1 heterocycles. The van der Waals surface area contributed by atoms with Crippen molar-refractivity contribution >= 4 is 35.4 Å². The quantitative estimate of drug-likeness (QED) is 0.390. The molecule has 156 valence electrons. The maximum atomic E-state index is 11.8. The van der Waals surface area contributed by atoms with E-state index < -0.39 is 5.97 Å². The number of nitrogens with zero attached hydrogens (tertiary/aromatic N) is 2. The van der Waals surface area contributed by atoms with Crippen LogP contribution in [0.1, 0.15) is 5.56 Å². The molecule has 0 radical (unpaired) electrons. The van der Waals surface area contributed by atoms with Crippen molar-refractivity contribution in [1.29, 1.82) is 0 Å². The van der Waals surface area contributed by atoms with Gasteiger partial charge in [0, 0.05) is 10.6 Å². The van der Waals surface area contributed by atoms with E-state index in [1.54, 1.807) is 36.4 Å². The van der Waals surface area contributed by atoms with Crippen molar-refractivity contribution in [3.63, 3.8) is 0 Å². The van der Waals surface area contributed by atoms with Crippen molar-refractivity contribution in [2.45, 2.75) is 5.22 Å². The lowest BCUT2D eigenvalue weighted by atomic mass is 10.1. The highest BCUT2D eigenvalue weighted by Crippen LogP contribution is 2.36. The predicted octanol–water partition coefficient (Wildman–Crippen LogP) is 4.63. The highest BCUT2D eigenvalue weighted by atomic mass is 35.5. The molecular weight excluding hydrogens is 432 g/mol. The predicted molar refractivity (Wildman–Crippen MR) is 112 cm³/mol. The van der Waals surface area contributed by atoms with Crippen molar-refractivity contribution < 1.29 is 28.5 Å². The Labute approximate surface area is 181 Å². The molecule has 10 heteroatoms. The third-order valence-electron chi connectivity index (χ3n) is 3.93. The van der Waals surface area contributed by atoms with Gasteiger partial charge in [-0.2, -0.15) is 0 Å². The molecule has 0 aliphatic carbocycles. The van der Waals surface area contributed by atoms with Crippen LogP contribution in [0.15, 0.2) is 50.9 Å². The number of ether oxygens (including phenoxy) is 3. The number of hydrogen-bond donors (Lipinski definition) is 1. The van der Waals surface area contributed by atoms with Crippen LogP contribution in [-0.2, 0) is 4.79 Å². The second kappa shape index (κ2) is 9.55. The van der Waals surface area contributed by atoms with Crippen molar-refractivity contribution in [1.82, 2.24) is 10.2 Å². The number of carbonyl (C=O) groups is 1. The molecule has 0 atom stereocenters. The molecule has 0 amide bonds. The molecule has 1 N–H and O–H groups in total. The summed E-state index contributed by atoms with van der Waals surface area (Å²) < 4.78 is 21.4. The summed E-state index contributed by atoms with van der Waals surface area (Å²) in [5.74, 6) is 0.537. The topological polar surface area (TPSA) is 104 Å². The SMILES string of the molecule is COc1ccc(OC)c(/C=C(\Sc2nnc(-c3cc(Cl)ccc3OC)o2)C(=O)O)c1. The van der Waals surface area contributed by atoms with Gasteiger partial charge in [-0.25, -0.2) is 4.79 Å². The van der Waals surface area contributed by atoms with Gasteiger partial charge in [-0.1, -0.05) is 11.6 Å². The number of halogens is 1. The fourth-order valence-corrected chi connectivity index (χ4v) is 3.37. The standard InChI is InChI=1S/C20H17ClN2O6S/c1-26-13-5-7-15(27-2)11(8-13)9-17(19(24)25)30-20-23-22-18(29-20)14-10-12(21)4-6-16(14)28-3/h4-10H,1-3H3,(H,24,25)/b17-9-. The van der Waals surface area contributed by atoms with Crippen LogP contribution in [0.3, 0.4) is 0 Å². The number of benzene rings is 2. The Morgan fingerprint density at radius 1 is 1.07 bits per heavy atom. The molecule has 0 saturated heterocycles. The number of hydrogen-bond acceptors (Lipinski definition) is 8. The van der Waals surface area contributed by atoms with Crippen LogP contribution in [0.4, 0.5) is 0 Å². The molecule has 0 spiro atoms. The maximum Gasteiger partial charge on any atom is 0.342 e. The van der Waals surface area contributed by atoms with Gasteiger partial charge in [0.25, 0.3) is 11.1 Å². The number of rotatable bonds is 8. The number of carboxylic acid groups (broad SMARTS) is 1. The lowest BCUT2D eigenvalue weighted by molar-refractivity contribution is -0.131. The Morgan fingerprint density at radius 3 is 2.47 bits per heavy atom. The first-order valence-electron chi connectivity index (χ1n) is 8.47. The average Bonchev–Trinajstić information content (AvgIpc) is 3.21. The van der Waals surface area contributed by atoms with Gasteiger partial charge in [0.15, 0.2) is 0 Å². The summed E-state index contributed by atoms with van der Waals surface area (Å²) in [5, 5.41) is 18.1. The van der Waals surface area contributed by atoms with E-state index >= 15 is 0 Å². The molecular formula is C20H17ClN2O6S. The summed E-state index contributed by atoms with van der Waals surface area (Å²) in [6.07, 6.45) is 1.44. The van der Waals surface area contributed by atoms with Crippen LogP contribution in [0, 0.1) is 0 Å². The third kappa shape index (κ3) is 4.87. The molecule has 2 aromatic carbocycles. The van der Waals surface area contributed by atoms with Crippen molar-refractivity contribution in [2.75, 3.05) is 21.3 Å². The summed E-state index contributed by atoms with van der Waals surface area (Å²) in [7, 11) is 4.52. The highest BCUT2D eigenvalue weighted by molar-refractivity contribution is 8.03. The Bertz CT molecular complexity index is 1100. The van der Waals surface area contributed by atoms with E-state index in [1.807, 2.05) is 0 Å². The van der Waals surface area contributed by atoms with Crippen LogP contribution in [0.2, 0.25) is 5.02 Å². The van der Waals surface area contributed by atoms with E-state index in [0.29, 0.717) is 33.4 Å². The molecule has 0 saturated carbocycles. The molecule has 3 rings (SSSR count). The minimum atomic E-state index is -1.16. The summed E-state index contributed by atoms with van der Waals surface area (Å²) in [4.78, 5) is 11.7. The Morgan fingerprint density at radius 2 is 1.80 bits per heavy atom. The lowest BCUT2D eigenvalue weighted by Gasteiger charge is -2.08. The van der Waals surface area contributed by atoms with E-state index in [1.165, 1.54) is 27.4 Å². The van der Waals surface area contributed by atoms with E-state index in [-0.39, 0.29) is 16.0 Å². The smallest absolute Gasteiger partial charge is 0.342 e. The van der Waals surface area contributed by atoms with Gasteiger partial charge in [0.1, 0.15) is 22.2 Å². The zero-order chi connectivity index (χ0) is 21.7. The molecule has 0 aliphatic rings. The van der Waals surface area contributed by atoms with Gasteiger partial charge in [-0.3, -0.25) is 0 Å². The number of thioether (sulfide) groups is 1. The number of carboxylic acids is 1. The zero-order valence-corrected chi connectivity index (χ0v) is 17.8. The van der Waals surface area contributed by atoms with Crippen LogP contribution in [0.5, 0.6) is 17.2 Å². The summed E-state index contributed by atoms with van der Waals surface area (Å²) >= 11 is 6.85. The molecule has 0 fully saturated rings. The normalized spacial score (nSPS) is 11.3. The minimum Gasteiger partial charge on any atom is -0.497 e. The molecule has 0 bridgehead atoms. The Hall–Kier alpha value is -3.17. The molecule has 1 aromatic heterocycles. The van der Waals surface area contributed by atoms with Crippen LogP contribution in [0.25, 0.3) is 17.5 Å². The van der Waals surface area contributed by atoms with Crippen LogP contribution < -0.4 is 14.2 Å². The molecule has 8 nitrogen and oxygen atoms in total. The van der Waals surface area contributed by atoms with Crippen LogP contribution in [-0.4, -0.2) is 42.6 Å². The van der Waals surface area contributed by atoms with Gasteiger partial charge in [0.2, 0.25) is 0 Å². The van der Waals surface area contributed by atoms with E-state index in [0.717, 1.165) is 11.8 Å². The van der Waals surface area contributed by atoms with Crippen LogP contribution >= 0.6 is 23.4 Å². The van der Waals surface area contributed by atoms with Crippen molar-refractivity contribution in [2.24, 2.45) is 0 Å². The first kappa shape index (κ1) is 21.5. The van der Waals surface area contributed by atoms with Gasteiger partial charge in [0.05, 0.1) is 26.9 Å². The lowest BCUT2D eigenvalue weighted by Crippen LogP contribution is -1.98. The Balaban J connectivity index is 1.94. The van der Waals surface area contributed by atoms with Gasteiger partial charge < -0.3 is 23.7 Å². The second-order valence-electron chi connectivity index (χ2n) is 5.74. The fraction of sp³-hybridized carbons (Fsp3) is 0.150. The summed E-state index contributed by atoms with van der Waals surface area (Å²) in [6, 6.07) is 10.0. The summed E-state index contributed by atoms with van der Waals surface area (Å²) in [6.45, 7) is 0. The minimum absolute atomic E-state index is 0.0440. The van der Waals surface area contributed by atoms with Gasteiger partial charge in [-0.15, -0.1) is 10.2 Å². The van der Waals surface area contributed by atoms with E-state index in [2.05, 4.69) is 10.2 Å². The van der Waals surface area contributed by atoms with Gasteiger partial charge >= 0.3 is 5.97 Å². The average molecular weight is 449 g/mol. The number of aliphatic carboxylic acids is 1. The first-order valence-corrected chi connectivity index (χ1v) is 9.67. The van der Waals surface area contributed by atoms with Gasteiger partial charge in [-0.05, 0) is 54.2 Å². The van der Waals surface area contributed by atoms with Crippen molar-refractivity contribution in [3.05, 3.63) is 51.9 Å². The number of aromatic nitrogens is 2. The van der Waals surface area contributed by atoms with Crippen molar-refractivity contribution in [3.8, 4) is 28.7 Å². The monoisotopic (exact) mass is 448 g/mol. The third-order valence-corrected chi connectivity index (χ3v) is 5.02. The highest BCUT2D eigenvalue weighted by Gasteiger charge is 2.19. The maximum absolute atomic E-state index is 11.8. The fourth-order valence-electron chi connectivity index (χ4n) is 2.53. The number of methoxy groups -OCH3 is 3. The second-order valence-corrected chi connectivity index (χ2v) is 7.17. The first-order chi connectivity index (χ1) is 14.4. The molecule has 30 heavy (non-hydrogen) atoms. The molecule has 0 aliphatic heterocycles.